The number of carbonyl (C=O) groups excluding carboxylic acids is 2. The molecule has 1 unspecified atom stereocenters. The molecule has 0 bridgehead atoms. The molecule has 0 spiro atoms. The summed E-state index contributed by atoms with van der Waals surface area (Å²) < 4.78 is 5.63. The Hall–Kier alpha value is -2.04. The summed E-state index contributed by atoms with van der Waals surface area (Å²) in [6.45, 7) is 4.37. The van der Waals surface area contributed by atoms with Crippen LogP contribution in [-0.4, -0.2) is 30.5 Å². The summed E-state index contributed by atoms with van der Waals surface area (Å²) in [6, 6.07) is 7.78. The maximum Gasteiger partial charge on any atom is 0.267 e. The van der Waals surface area contributed by atoms with E-state index >= 15 is 0 Å². The number of ether oxygens (including phenoxy) is 1. The summed E-state index contributed by atoms with van der Waals surface area (Å²) in [7, 11) is 0. The van der Waals surface area contributed by atoms with Gasteiger partial charge in [-0.05, 0) is 50.7 Å². The van der Waals surface area contributed by atoms with Crippen LogP contribution in [0.4, 0.5) is 5.69 Å². The Morgan fingerprint density at radius 1 is 1.24 bits per heavy atom. The quantitative estimate of drug-likeness (QED) is 0.892. The molecule has 0 radical (unpaired) electrons. The second-order valence-electron chi connectivity index (χ2n) is 7.16. The third kappa shape index (κ3) is 4.14. The zero-order valence-corrected chi connectivity index (χ0v) is 15.2. The van der Waals surface area contributed by atoms with Gasteiger partial charge in [0.1, 0.15) is 5.75 Å². The van der Waals surface area contributed by atoms with Gasteiger partial charge in [-0.3, -0.25) is 9.59 Å². The molecule has 5 heteroatoms. The van der Waals surface area contributed by atoms with Crippen molar-refractivity contribution in [1.29, 1.82) is 0 Å². The van der Waals surface area contributed by atoms with Crippen molar-refractivity contribution in [3.63, 3.8) is 0 Å². The molecule has 1 N–H and O–H groups in total. The molecule has 1 aliphatic carbocycles. The molecule has 3 rings (SSSR count). The third-order valence-electron chi connectivity index (χ3n) is 5.43. The zero-order chi connectivity index (χ0) is 17.8. The first-order chi connectivity index (χ1) is 12.1. The van der Waals surface area contributed by atoms with Gasteiger partial charge in [0.25, 0.3) is 5.91 Å². The van der Waals surface area contributed by atoms with Crippen molar-refractivity contribution in [2.45, 2.75) is 64.5 Å². The first kappa shape index (κ1) is 17.8. The van der Waals surface area contributed by atoms with Crippen LogP contribution >= 0.6 is 0 Å². The van der Waals surface area contributed by atoms with Gasteiger partial charge < -0.3 is 15.0 Å². The Balaban J connectivity index is 1.54. The lowest BCUT2D eigenvalue weighted by atomic mass is 9.84. The molecule has 1 aromatic carbocycles. The fraction of sp³-hybridized carbons (Fsp3) is 0.600. The molecule has 5 nitrogen and oxygen atoms in total. The van der Waals surface area contributed by atoms with E-state index in [1.54, 1.807) is 11.8 Å². The maximum absolute atomic E-state index is 12.4. The van der Waals surface area contributed by atoms with E-state index < -0.39 is 6.10 Å². The summed E-state index contributed by atoms with van der Waals surface area (Å²) >= 11 is 0. The number of rotatable bonds is 5. The Morgan fingerprint density at radius 3 is 2.68 bits per heavy atom. The smallest absolute Gasteiger partial charge is 0.267 e. The van der Waals surface area contributed by atoms with Crippen LogP contribution in [0.3, 0.4) is 0 Å². The van der Waals surface area contributed by atoms with E-state index in [9.17, 15) is 9.59 Å². The average molecular weight is 344 g/mol. The summed E-state index contributed by atoms with van der Waals surface area (Å²) in [6.07, 6.45) is 5.59. The van der Waals surface area contributed by atoms with Crippen LogP contribution in [0.1, 0.15) is 52.4 Å². The van der Waals surface area contributed by atoms with E-state index in [1.165, 1.54) is 19.3 Å². The van der Waals surface area contributed by atoms with Crippen LogP contribution in [0.25, 0.3) is 0 Å². The van der Waals surface area contributed by atoms with Crippen molar-refractivity contribution in [3.8, 4) is 5.75 Å². The van der Waals surface area contributed by atoms with Crippen molar-refractivity contribution in [2.24, 2.45) is 5.92 Å². The van der Waals surface area contributed by atoms with Crippen LogP contribution in [0.5, 0.6) is 5.75 Å². The van der Waals surface area contributed by atoms with Crippen molar-refractivity contribution in [2.75, 3.05) is 11.4 Å². The first-order valence-corrected chi connectivity index (χ1v) is 9.45. The number of benzene rings is 1. The minimum Gasteiger partial charge on any atom is -0.479 e. The number of carbonyl (C=O) groups is 2. The summed E-state index contributed by atoms with van der Waals surface area (Å²) in [4.78, 5) is 26.4. The fourth-order valence-corrected chi connectivity index (χ4v) is 3.82. The monoisotopic (exact) mass is 344 g/mol. The zero-order valence-electron chi connectivity index (χ0n) is 15.2. The summed E-state index contributed by atoms with van der Waals surface area (Å²) in [5.74, 6) is 1.46. The van der Waals surface area contributed by atoms with Crippen LogP contribution in [-0.2, 0) is 9.59 Å². The molecule has 2 amide bonds. The van der Waals surface area contributed by atoms with Gasteiger partial charge in [-0.2, -0.15) is 0 Å². The van der Waals surface area contributed by atoms with Crippen LogP contribution in [0.15, 0.2) is 24.3 Å². The van der Waals surface area contributed by atoms with Crippen LogP contribution in [0.2, 0.25) is 0 Å². The molecule has 0 aromatic heterocycles. The maximum atomic E-state index is 12.4. The minimum absolute atomic E-state index is 0.0318. The highest BCUT2D eigenvalue weighted by atomic mass is 16.5. The van der Waals surface area contributed by atoms with Gasteiger partial charge in [-0.15, -0.1) is 0 Å². The number of hydrogen-bond donors (Lipinski definition) is 1. The van der Waals surface area contributed by atoms with E-state index in [4.69, 9.17) is 4.74 Å². The van der Waals surface area contributed by atoms with Gasteiger partial charge in [0.05, 0.1) is 5.69 Å². The third-order valence-corrected chi connectivity index (χ3v) is 5.43. The molecular weight excluding hydrogens is 316 g/mol. The SMILES string of the molecule is CCC1CCC(NC(=O)CCN2C(=O)C(C)Oc3ccccc32)CC1. The number of nitrogens with zero attached hydrogens (tertiary/aromatic N) is 1. The minimum atomic E-state index is -0.512. The number of hydrogen-bond acceptors (Lipinski definition) is 3. The van der Waals surface area contributed by atoms with E-state index in [-0.39, 0.29) is 11.8 Å². The van der Waals surface area contributed by atoms with Gasteiger partial charge in [0, 0.05) is 19.0 Å². The molecule has 1 fully saturated rings. The molecule has 1 atom stereocenters. The van der Waals surface area contributed by atoms with Crippen molar-refractivity contribution in [3.05, 3.63) is 24.3 Å². The molecule has 1 aliphatic heterocycles. The number of fused-ring (bicyclic) bond motifs is 1. The summed E-state index contributed by atoms with van der Waals surface area (Å²) in [5.41, 5.74) is 0.752. The lowest BCUT2D eigenvalue weighted by Gasteiger charge is -2.33. The molecule has 136 valence electrons. The predicted octanol–water partition coefficient (Wildman–Crippen LogP) is 3.28. The van der Waals surface area contributed by atoms with E-state index in [1.807, 2.05) is 24.3 Å². The average Bonchev–Trinajstić information content (AvgIpc) is 2.63. The Bertz CT molecular complexity index is 623. The fourth-order valence-electron chi connectivity index (χ4n) is 3.82. The Kier molecular flexibility index (Phi) is 5.61. The Morgan fingerprint density at radius 2 is 1.96 bits per heavy atom. The van der Waals surface area contributed by atoms with Gasteiger partial charge in [0.15, 0.2) is 6.10 Å². The lowest BCUT2D eigenvalue weighted by molar-refractivity contribution is -0.125. The van der Waals surface area contributed by atoms with E-state index in [0.717, 1.165) is 24.4 Å². The largest absolute Gasteiger partial charge is 0.479 e. The molecule has 1 heterocycles. The van der Waals surface area contributed by atoms with Crippen LogP contribution < -0.4 is 15.0 Å². The van der Waals surface area contributed by atoms with Gasteiger partial charge in [-0.25, -0.2) is 0 Å². The molecule has 2 aliphatic rings. The molecule has 25 heavy (non-hydrogen) atoms. The van der Waals surface area contributed by atoms with Crippen molar-refractivity contribution < 1.29 is 14.3 Å². The van der Waals surface area contributed by atoms with E-state index in [2.05, 4.69) is 12.2 Å². The predicted molar refractivity (Wildman–Crippen MR) is 97.7 cm³/mol. The molecule has 1 aromatic rings. The lowest BCUT2D eigenvalue weighted by Crippen LogP contribution is -2.46. The molecule has 1 saturated carbocycles. The normalized spacial score (nSPS) is 25.9. The van der Waals surface area contributed by atoms with E-state index in [0.29, 0.717) is 24.8 Å². The Labute approximate surface area is 149 Å². The van der Waals surface area contributed by atoms with Gasteiger partial charge >= 0.3 is 0 Å². The summed E-state index contributed by atoms with van der Waals surface area (Å²) in [5, 5.41) is 3.14. The topological polar surface area (TPSA) is 58.6 Å². The highest BCUT2D eigenvalue weighted by Gasteiger charge is 2.31. The first-order valence-electron chi connectivity index (χ1n) is 9.45. The van der Waals surface area contributed by atoms with Gasteiger partial charge in [0.2, 0.25) is 5.91 Å². The van der Waals surface area contributed by atoms with Gasteiger partial charge in [-0.1, -0.05) is 25.5 Å². The second kappa shape index (κ2) is 7.89. The van der Waals surface area contributed by atoms with Crippen molar-refractivity contribution in [1.82, 2.24) is 5.32 Å². The highest BCUT2D eigenvalue weighted by molar-refractivity contribution is 6.00. The second-order valence-corrected chi connectivity index (χ2v) is 7.16. The standard InChI is InChI=1S/C20H28N2O3/c1-3-15-8-10-16(11-9-15)21-19(23)12-13-22-17-6-4-5-7-18(17)25-14(2)20(22)24/h4-7,14-16H,3,8-13H2,1-2H3,(H,21,23). The number of para-hydroxylation sites is 2. The molecule has 0 saturated heterocycles. The van der Waals surface area contributed by atoms with Crippen molar-refractivity contribution >= 4 is 17.5 Å². The highest BCUT2D eigenvalue weighted by Crippen LogP contribution is 2.33. The number of anilines is 1. The number of amides is 2. The number of nitrogens with one attached hydrogen (secondary N) is 1. The molecular formula is C20H28N2O3. The van der Waals surface area contributed by atoms with Crippen LogP contribution in [0, 0.1) is 5.92 Å².